The summed E-state index contributed by atoms with van der Waals surface area (Å²) in [6, 6.07) is 1.12. The van der Waals surface area contributed by atoms with Gasteiger partial charge in [-0.2, -0.15) is 0 Å². The van der Waals surface area contributed by atoms with Gasteiger partial charge in [-0.1, -0.05) is 67.9 Å². The Balaban J connectivity index is 2.28. The lowest BCUT2D eigenvalue weighted by Gasteiger charge is -2.50. The first-order valence-corrected chi connectivity index (χ1v) is 11.0. The van der Waals surface area contributed by atoms with E-state index in [1.54, 1.807) is 0 Å². The highest BCUT2D eigenvalue weighted by atomic mass is 127. The van der Waals surface area contributed by atoms with Gasteiger partial charge in [0.2, 0.25) is 0 Å². The van der Waals surface area contributed by atoms with E-state index in [1.165, 1.54) is 43.5 Å². The molecule has 4 atom stereocenters. The minimum atomic E-state index is -0.0327. The second kappa shape index (κ2) is 8.38. The largest absolute Gasteiger partial charge is 0.360 e. The summed E-state index contributed by atoms with van der Waals surface area (Å²) < 4.78 is -0.0327. The second-order valence-corrected chi connectivity index (χ2v) is 11.1. The van der Waals surface area contributed by atoms with Crippen LogP contribution in [0.15, 0.2) is 0 Å². The van der Waals surface area contributed by atoms with Crippen LogP contribution in [0.1, 0.15) is 79.1 Å². The molecule has 2 radical (unpaired) electrons. The van der Waals surface area contributed by atoms with E-state index in [0.717, 1.165) is 12.8 Å². The van der Waals surface area contributed by atoms with Crippen LogP contribution < -0.4 is 0 Å². The Kier molecular flexibility index (Phi) is 7.29. The predicted octanol–water partition coefficient (Wildman–Crippen LogP) is 5.73. The maximum atomic E-state index is 6.66. The van der Waals surface area contributed by atoms with Crippen molar-refractivity contribution in [2.24, 2.45) is 17.8 Å². The summed E-state index contributed by atoms with van der Waals surface area (Å²) >= 11 is 8.50. The third kappa shape index (κ3) is 5.33. The highest BCUT2D eigenvalue weighted by Gasteiger charge is 2.42. The number of fused-ring (bicyclic) bond motifs is 1. The molecule has 0 aromatic rings. The van der Waals surface area contributed by atoms with Gasteiger partial charge in [-0.25, -0.2) is 0 Å². The van der Waals surface area contributed by atoms with Crippen molar-refractivity contribution in [2.45, 2.75) is 94.5 Å². The lowest BCUT2D eigenvalue weighted by atomic mass is 9.70. The molecule has 0 aromatic heterocycles. The topological polar surface area (TPSA) is 3.24 Å². The van der Waals surface area contributed by atoms with E-state index in [0.29, 0.717) is 29.8 Å². The number of nitrogens with zero attached hydrogens (tertiary/aromatic N) is 1. The minimum absolute atomic E-state index is 0.0327. The zero-order valence-corrected chi connectivity index (χ0v) is 18.3. The van der Waals surface area contributed by atoms with E-state index in [-0.39, 0.29) is 3.32 Å². The summed E-state index contributed by atoms with van der Waals surface area (Å²) in [6.07, 6.45) is 10.0. The molecular formula is C19H33BINS. The molecule has 2 fully saturated rings. The van der Waals surface area contributed by atoms with Gasteiger partial charge in [0.15, 0.2) is 0 Å². The Morgan fingerprint density at radius 1 is 1.26 bits per heavy atom. The minimum Gasteiger partial charge on any atom is -0.360 e. The third-order valence-corrected chi connectivity index (χ3v) is 7.12. The van der Waals surface area contributed by atoms with Crippen LogP contribution in [0.2, 0.25) is 0 Å². The zero-order valence-electron chi connectivity index (χ0n) is 15.4. The molecule has 4 unspecified atom stereocenters. The molecule has 0 bridgehead atoms. The average Bonchev–Trinajstić information content (AvgIpc) is 2.47. The number of likely N-dealkylation sites (tertiary alicyclic amines) is 1. The van der Waals surface area contributed by atoms with Gasteiger partial charge in [0.25, 0.3) is 0 Å². The van der Waals surface area contributed by atoms with E-state index >= 15 is 0 Å². The molecule has 1 saturated heterocycles. The quantitative estimate of drug-likeness (QED) is 0.236. The number of rotatable bonds is 3. The van der Waals surface area contributed by atoms with Crippen LogP contribution in [-0.2, 0) is 0 Å². The normalized spacial score (nSPS) is 36.6. The summed E-state index contributed by atoms with van der Waals surface area (Å²) in [5.74, 6) is 1.98. The maximum absolute atomic E-state index is 6.66. The fourth-order valence-corrected chi connectivity index (χ4v) is 6.20. The molecule has 4 heteroatoms. The molecule has 2 aliphatic rings. The van der Waals surface area contributed by atoms with E-state index < -0.39 is 0 Å². The fraction of sp³-hybridized carbons (Fsp3) is 0.947. The van der Waals surface area contributed by atoms with E-state index in [1.807, 2.05) is 0 Å². The fourth-order valence-electron chi connectivity index (χ4n) is 4.71. The van der Waals surface area contributed by atoms with Gasteiger partial charge in [0, 0.05) is 18.0 Å². The number of piperidine rings is 1. The molecule has 0 N–H and O–H groups in total. The molecule has 0 amide bonds. The van der Waals surface area contributed by atoms with Crippen LogP contribution in [0.3, 0.4) is 0 Å². The smallest absolute Gasteiger partial charge is 0.0889 e. The molecule has 1 aliphatic carbocycles. The van der Waals surface area contributed by atoms with Gasteiger partial charge in [-0.3, -0.25) is 0 Å². The van der Waals surface area contributed by atoms with Crippen LogP contribution in [0.4, 0.5) is 0 Å². The Labute approximate surface area is 164 Å². The Morgan fingerprint density at radius 2 is 1.96 bits per heavy atom. The number of alkyl halides is 1. The lowest BCUT2D eigenvalue weighted by molar-refractivity contribution is 0.118. The van der Waals surface area contributed by atoms with E-state index in [2.05, 4.69) is 55.2 Å². The van der Waals surface area contributed by atoms with E-state index in [9.17, 15) is 0 Å². The number of halogens is 1. The first kappa shape index (κ1) is 20.0. The van der Waals surface area contributed by atoms with Crippen molar-refractivity contribution in [3.63, 3.8) is 0 Å². The molecule has 2 rings (SSSR count). The molecule has 0 spiro atoms. The van der Waals surface area contributed by atoms with Crippen molar-refractivity contribution < 1.29 is 0 Å². The van der Waals surface area contributed by atoms with Gasteiger partial charge in [0.05, 0.1) is 12.8 Å². The van der Waals surface area contributed by atoms with Crippen molar-refractivity contribution in [1.29, 1.82) is 0 Å². The highest BCUT2D eigenvalue weighted by Crippen LogP contribution is 2.43. The van der Waals surface area contributed by atoms with Gasteiger partial charge in [0.1, 0.15) is 0 Å². The molecule has 1 heterocycles. The SMILES string of the molecule is [B]C1(I)CCCCCC2C(CC(CC(C)C)C(=S)N2C(C)C)C1. The van der Waals surface area contributed by atoms with Crippen molar-refractivity contribution >= 4 is 47.6 Å². The van der Waals surface area contributed by atoms with Crippen LogP contribution in [0, 0.1) is 17.8 Å². The predicted molar refractivity (Wildman–Crippen MR) is 115 cm³/mol. The van der Waals surface area contributed by atoms with Gasteiger partial charge >= 0.3 is 0 Å². The van der Waals surface area contributed by atoms with Gasteiger partial charge < -0.3 is 4.90 Å². The standard InChI is InChI=1S/C19H33BINS/c1-13(2)10-15-11-16-12-19(20,21)9-7-5-6-8-17(16)22(14(3)4)18(15)23/h13-17H,5-12H2,1-4H3. The summed E-state index contributed by atoms with van der Waals surface area (Å²) in [5, 5.41) is 0. The molecule has 0 aromatic carbocycles. The molecule has 130 valence electrons. The average molecular weight is 445 g/mol. The van der Waals surface area contributed by atoms with Crippen LogP contribution in [-0.4, -0.2) is 33.1 Å². The Bertz CT molecular complexity index is 410. The monoisotopic (exact) mass is 445 g/mol. The van der Waals surface area contributed by atoms with Gasteiger partial charge in [-0.15, -0.1) is 0 Å². The second-order valence-electron chi connectivity index (χ2n) is 8.57. The summed E-state index contributed by atoms with van der Waals surface area (Å²) in [4.78, 5) is 3.85. The molecule has 1 saturated carbocycles. The number of thiocarbonyl (C=S) groups is 1. The van der Waals surface area contributed by atoms with Crippen LogP contribution in [0.25, 0.3) is 0 Å². The van der Waals surface area contributed by atoms with Crippen molar-refractivity contribution in [3.8, 4) is 0 Å². The van der Waals surface area contributed by atoms with Crippen molar-refractivity contribution in [3.05, 3.63) is 0 Å². The number of hydrogen-bond acceptors (Lipinski definition) is 1. The first-order valence-electron chi connectivity index (χ1n) is 9.51. The van der Waals surface area contributed by atoms with Crippen molar-refractivity contribution in [2.75, 3.05) is 0 Å². The molecular weight excluding hydrogens is 412 g/mol. The number of hydrogen-bond donors (Lipinski definition) is 0. The van der Waals surface area contributed by atoms with E-state index in [4.69, 9.17) is 20.1 Å². The highest BCUT2D eigenvalue weighted by molar-refractivity contribution is 14.1. The molecule has 1 aliphatic heterocycles. The zero-order chi connectivity index (χ0) is 17.2. The summed E-state index contributed by atoms with van der Waals surface area (Å²) in [7, 11) is 6.66. The lowest BCUT2D eigenvalue weighted by Crippen LogP contribution is -2.55. The third-order valence-electron chi connectivity index (χ3n) is 5.60. The summed E-state index contributed by atoms with van der Waals surface area (Å²) in [6.45, 7) is 9.27. The van der Waals surface area contributed by atoms with Crippen LogP contribution >= 0.6 is 34.8 Å². The first-order chi connectivity index (χ1) is 10.7. The van der Waals surface area contributed by atoms with Crippen molar-refractivity contribution in [1.82, 2.24) is 4.90 Å². The molecule has 23 heavy (non-hydrogen) atoms. The summed E-state index contributed by atoms with van der Waals surface area (Å²) in [5.41, 5.74) is 0. The van der Waals surface area contributed by atoms with Crippen LogP contribution in [0.5, 0.6) is 0 Å². The Morgan fingerprint density at radius 3 is 2.57 bits per heavy atom. The molecule has 1 nitrogen and oxygen atoms in total. The Hall–Kier alpha value is 0.685. The van der Waals surface area contributed by atoms with Gasteiger partial charge in [-0.05, 0) is 61.1 Å². The maximum Gasteiger partial charge on any atom is 0.0889 e.